The van der Waals surface area contributed by atoms with Gasteiger partial charge in [-0.15, -0.1) is 0 Å². The van der Waals surface area contributed by atoms with E-state index >= 15 is 0 Å². The van der Waals surface area contributed by atoms with Crippen LogP contribution in [0.25, 0.3) is 17.4 Å². The summed E-state index contributed by atoms with van der Waals surface area (Å²) in [4.78, 5) is 33.3. The van der Waals surface area contributed by atoms with Gasteiger partial charge >= 0.3 is 0 Å². The Balaban J connectivity index is 1.57. The molecule has 3 aromatic heterocycles. The molecule has 0 aliphatic heterocycles. The van der Waals surface area contributed by atoms with Gasteiger partial charge in [-0.05, 0) is 43.5 Å². The molecule has 11 nitrogen and oxygen atoms in total. The van der Waals surface area contributed by atoms with Crippen molar-refractivity contribution in [2.24, 2.45) is 0 Å². The number of furan rings is 1. The molecular formula is C24H23N5O6. The molecular weight excluding hydrogens is 454 g/mol. The molecule has 0 fully saturated rings. The van der Waals surface area contributed by atoms with Crippen molar-refractivity contribution in [3.63, 3.8) is 0 Å². The lowest BCUT2D eigenvalue weighted by Gasteiger charge is -2.14. The lowest BCUT2D eigenvalue weighted by molar-refractivity contribution is 0.102. The molecule has 4 aromatic rings. The van der Waals surface area contributed by atoms with Gasteiger partial charge in [0.2, 0.25) is 11.7 Å². The highest BCUT2D eigenvalue weighted by Crippen LogP contribution is 2.38. The van der Waals surface area contributed by atoms with Crippen molar-refractivity contribution in [1.82, 2.24) is 19.7 Å². The predicted molar refractivity (Wildman–Crippen MR) is 126 cm³/mol. The van der Waals surface area contributed by atoms with E-state index in [1.807, 2.05) is 0 Å². The summed E-state index contributed by atoms with van der Waals surface area (Å²) in [6.07, 6.45) is 3.81. The number of fused-ring (bicyclic) bond motifs is 1. The number of methoxy groups -OCH3 is 3. The third-order valence-electron chi connectivity index (χ3n) is 5.78. The lowest BCUT2D eigenvalue weighted by atomic mass is 10.1. The minimum absolute atomic E-state index is 0.202. The van der Waals surface area contributed by atoms with Crippen LogP contribution in [0.5, 0.6) is 17.2 Å². The second-order valence-corrected chi connectivity index (χ2v) is 7.84. The maximum atomic E-state index is 13.3. The Morgan fingerprint density at radius 3 is 2.54 bits per heavy atom. The maximum absolute atomic E-state index is 13.3. The highest BCUT2D eigenvalue weighted by atomic mass is 16.5. The van der Waals surface area contributed by atoms with Crippen molar-refractivity contribution in [2.45, 2.75) is 19.3 Å². The first kappa shape index (κ1) is 22.3. The van der Waals surface area contributed by atoms with Crippen LogP contribution in [0.3, 0.4) is 0 Å². The normalized spacial score (nSPS) is 12.3. The quantitative estimate of drug-likeness (QED) is 0.415. The first-order chi connectivity index (χ1) is 17.0. The van der Waals surface area contributed by atoms with Crippen LogP contribution in [-0.4, -0.2) is 47.0 Å². The van der Waals surface area contributed by atoms with Crippen LogP contribution in [0.15, 0.2) is 45.8 Å². The summed E-state index contributed by atoms with van der Waals surface area (Å²) in [5.74, 6) is 1.58. The summed E-state index contributed by atoms with van der Waals surface area (Å²) in [5.41, 5.74) is 1.94. The van der Waals surface area contributed by atoms with E-state index in [1.54, 1.807) is 30.3 Å². The molecule has 3 heterocycles. The molecule has 0 unspecified atom stereocenters. The Kier molecular flexibility index (Phi) is 5.73. The van der Waals surface area contributed by atoms with Crippen molar-refractivity contribution >= 4 is 11.7 Å². The molecule has 0 saturated carbocycles. The molecule has 0 atom stereocenters. The predicted octanol–water partition coefficient (Wildman–Crippen LogP) is 2.98. The molecule has 35 heavy (non-hydrogen) atoms. The summed E-state index contributed by atoms with van der Waals surface area (Å²) >= 11 is 0. The van der Waals surface area contributed by atoms with Gasteiger partial charge in [-0.3, -0.25) is 14.6 Å². The fraction of sp³-hybridized carbons (Fsp3) is 0.250. The minimum atomic E-state index is -0.458. The fourth-order valence-electron chi connectivity index (χ4n) is 4.11. The summed E-state index contributed by atoms with van der Waals surface area (Å²) < 4.78 is 22.9. The molecule has 0 bridgehead atoms. The number of anilines is 1. The third-order valence-corrected chi connectivity index (χ3v) is 5.78. The second kappa shape index (κ2) is 9.01. The molecule has 0 spiro atoms. The second-order valence-electron chi connectivity index (χ2n) is 7.84. The van der Waals surface area contributed by atoms with Crippen LogP contribution in [0, 0.1) is 0 Å². The molecule has 2 N–H and O–H groups in total. The number of aromatic nitrogens is 4. The number of aromatic amines is 1. The number of hydrogen-bond donors (Lipinski definition) is 2. The van der Waals surface area contributed by atoms with Gasteiger partial charge in [-0.25, -0.2) is 4.98 Å². The summed E-state index contributed by atoms with van der Waals surface area (Å²) in [7, 11) is 4.43. The van der Waals surface area contributed by atoms with E-state index in [0.717, 1.165) is 12.1 Å². The smallest absolute Gasteiger partial charge is 0.257 e. The van der Waals surface area contributed by atoms with E-state index < -0.39 is 5.91 Å². The van der Waals surface area contributed by atoms with Crippen LogP contribution in [0.1, 0.15) is 28.0 Å². The van der Waals surface area contributed by atoms with Gasteiger partial charge in [0.1, 0.15) is 11.5 Å². The van der Waals surface area contributed by atoms with Crippen molar-refractivity contribution in [2.75, 3.05) is 26.6 Å². The summed E-state index contributed by atoms with van der Waals surface area (Å²) in [6.45, 7) is 0. The first-order valence-corrected chi connectivity index (χ1v) is 10.9. The SMILES string of the molecule is COc1cc(C(=O)Nc2cc(-c3ccco3)nn2-c2nc3c(c(=O)[nH]2)CCC3)cc(OC)c1OC. The van der Waals surface area contributed by atoms with E-state index in [2.05, 4.69) is 20.4 Å². The average molecular weight is 477 g/mol. The highest BCUT2D eigenvalue weighted by Gasteiger charge is 2.23. The Labute approximate surface area is 199 Å². The Morgan fingerprint density at radius 2 is 1.89 bits per heavy atom. The van der Waals surface area contributed by atoms with Gasteiger partial charge in [0, 0.05) is 17.2 Å². The number of carbonyl (C=O) groups excluding carboxylic acids is 1. The Morgan fingerprint density at radius 1 is 1.11 bits per heavy atom. The van der Waals surface area contributed by atoms with Crippen molar-refractivity contribution in [3.05, 3.63) is 63.8 Å². The van der Waals surface area contributed by atoms with Gasteiger partial charge in [0.25, 0.3) is 11.5 Å². The molecule has 11 heteroatoms. The number of H-pyrrole nitrogens is 1. The minimum Gasteiger partial charge on any atom is -0.493 e. The number of aryl methyl sites for hydroxylation is 1. The van der Waals surface area contributed by atoms with Crippen LogP contribution < -0.4 is 25.1 Å². The molecule has 1 aliphatic rings. The standard InChI is InChI=1S/C24H23N5O6/c1-32-18-10-13(11-19(33-2)21(18)34-3)22(30)26-20-12-16(17-8-5-9-35-17)28-29(20)24-25-15-7-4-6-14(15)23(31)27-24/h5,8-12H,4,6-7H2,1-3H3,(H,26,30)(H,25,27,31). The zero-order valence-corrected chi connectivity index (χ0v) is 19.4. The van der Waals surface area contributed by atoms with Crippen LogP contribution >= 0.6 is 0 Å². The molecule has 180 valence electrons. The molecule has 5 rings (SSSR count). The van der Waals surface area contributed by atoms with Gasteiger partial charge in [0.05, 0.1) is 33.3 Å². The highest BCUT2D eigenvalue weighted by molar-refractivity contribution is 6.05. The van der Waals surface area contributed by atoms with E-state index in [0.29, 0.717) is 47.1 Å². The Bertz CT molecular complexity index is 1430. The summed E-state index contributed by atoms with van der Waals surface area (Å²) in [5, 5.41) is 7.38. The van der Waals surface area contributed by atoms with Crippen LogP contribution in [0.4, 0.5) is 5.82 Å². The van der Waals surface area contributed by atoms with Crippen LogP contribution in [0.2, 0.25) is 0 Å². The maximum Gasteiger partial charge on any atom is 0.257 e. The molecule has 0 radical (unpaired) electrons. The zero-order chi connectivity index (χ0) is 24.5. The molecule has 1 amide bonds. The number of carbonyl (C=O) groups is 1. The first-order valence-electron chi connectivity index (χ1n) is 10.9. The van der Waals surface area contributed by atoms with E-state index in [9.17, 15) is 9.59 Å². The zero-order valence-electron chi connectivity index (χ0n) is 19.4. The van der Waals surface area contributed by atoms with E-state index in [1.165, 1.54) is 32.3 Å². The number of ether oxygens (including phenoxy) is 3. The molecule has 1 aromatic carbocycles. The van der Waals surface area contributed by atoms with Crippen molar-refractivity contribution in [3.8, 4) is 34.7 Å². The number of hydrogen-bond acceptors (Lipinski definition) is 8. The third kappa shape index (κ3) is 4.01. The van der Waals surface area contributed by atoms with Gasteiger partial charge in [0.15, 0.2) is 17.3 Å². The number of benzene rings is 1. The summed E-state index contributed by atoms with van der Waals surface area (Å²) in [6, 6.07) is 8.21. The fourth-order valence-corrected chi connectivity index (χ4v) is 4.11. The molecule has 1 aliphatic carbocycles. The van der Waals surface area contributed by atoms with Crippen molar-refractivity contribution in [1.29, 1.82) is 0 Å². The largest absolute Gasteiger partial charge is 0.493 e. The van der Waals surface area contributed by atoms with Crippen LogP contribution in [-0.2, 0) is 12.8 Å². The number of nitrogens with one attached hydrogen (secondary N) is 2. The average Bonchev–Trinajstić information content (AvgIpc) is 3.63. The number of rotatable bonds is 7. The van der Waals surface area contributed by atoms with Gasteiger partial charge in [-0.1, -0.05) is 0 Å². The van der Waals surface area contributed by atoms with Gasteiger partial charge in [-0.2, -0.15) is 9.78 Å². The van der Waals surface area contributed by atoms with Gasteiger partial charge < -0.3 is 23.9 Å². The lowest BCUT2D eigenvalue weighted by Crippen LogP contribution is -2.21. The monoisotopic (exact) mass is 477 g/mol. The van der Waals surface area contributed by atoms with Crippen molar-refractivity contribution < 1.29 is 23.4 Å². The Hall–Kier alpha value is -4.54. The number of nitrogens with zero attached hydrogens (tertiary/aromatic N) is 3. The topological polar surface area (TPSA) is 134 Å². The number of amides is 1. The van der Waals surface area contributed by atoms with E-state index in [-0.39, 0.29) is 22.9 Å². The van der Waals surface area contributed by atoms with E-state index in [4.69, 9.17) is 18.6 Å². The molecule has 0 saturated heterocycles.